The lowest BCUT2D eigenvalue weighted by atomic mass is 9.82. The lowest BCUT2D eigenvalue weighted by Gasteiger charge is -2.36. The van der Waals surface area contributed by atoms with Crippen LogP contribution in [0, 0.1) is 18.8 Å². The predicted octanol–water partition coefficient (Wildman–Crippen LogP) is 9.49. The van der Waals surface area contributed by atoms with Gasteiger partial charge in [-0.05, 0) is 143 Å². The molecule has 362 valence electrons. The largest absolute Gasteiger partial charge is 0.472 e. The number of aromatic nitrogens is 4. The van der Waals surface area contributed by atoms with Crippen LogP contribution >= 0.6 is 22.9 Å². The third-order valence-corrected chi connectivity index (χ3v) is 16.7. The highest BCUT2D eigenvalue weighted by molar-refractivity contribution is 7.13. The van der Waals surface area contributed by atoms with Crippen LogP contribution in [0.1, 0.15) is 131 Å². The van der Waals surface area contributed by atoms with Gasteiger partial charge in [-0.3, -0.25) is 19.0 Å². The summed E-state index contributed by atoms with van der Waals surface area (Å²) < 4.78 is 14.4. The van der Waals surface area contributed by atoms with Crippen LogP contribution < -0.4 is 15.6 Å². The first-order valence-electron chi connectivity index (χ1n) is 24.7. The summed E-state index contributed by atoms with van der Waals surface area (Å²) in [6.45, 7) is 15.3. The fourth-order valence-electron chi connectivity index (χ4n) is 11.5. The molecule has 0 radical (unpaired) electrons. The molecule has 3 aromatic carbocycles. The molecule has 69 heavy (non-hydrogen) atoms. The Balaban J connectivity index is 0.712. The molecular formula is C54H62ClN7O6S. The van der Waals surface area contributed by atoms with E-state index in [2.05, 4.69) is 62.0 Å². The number of fused-ring (bicyclic) bond motifs is 5. The maximum atomic E-state index is 14.3. The van der Waals surface area contributed by atoms with Gasteiger partial charge in [-0.2, -0.15) is 4.98 Å². The van der Waals surface area contributed by atoms with Gasteiger partial charge in [0.05, 0.1) is 55.3 Å². The van der Waals surface area contributed by atoms with Gasteiger partial charge < -0.3 is 29.5 Å². The maximum absolute atomic E-state index is 14.3. The van der Waals surface area contributed by atoms with E-state index >= 15 is 0 Å². The Bertz CT molecular complexity index is 2930. The van der Waals surface area contributed by atoms with Crippen molar-refractivity contribution < 1.29 is 24.0 Å². The minimum atomic E-state index is -0.818. The van der Waals surface area contributed by atoms with Crippen molar-refractivity contribution in [1.82, 2.24) is 34.8 Å². The number of nitrogens with zero attached hydrogens (tertiary/aromatic N) is 6. The predicted molar refractivity (Wildman–Crippen MR) is 268 cm³/mol. The van der Waals surface area contributed by atoms with Crippen molar-refractivity contribution in [2.75, 3.05) is 26.2 Å². The van der Waals surface area contributed by atoms with Crippen LogP contribution in [0.15, 0.2) is 81.6 Å². The van der Waals surface area contributed by atoms with Crippen molar-refractivity contribution in [1.29, 1.82) is 0 Å². The van der Waals surface area contributed by atoms with Gasteiger partial charge in [0.15, 0.2) is 5.76 Å². The Kier molecular flexibility index (Phi) is 13.1. The zero-order valence-electron chi connectivity index (χ0n) is 40.3. The van der Waals surface area contributed by atoms with E-state index in [1.165, 1.54) is 16.0 Å². The lowest BCUT2D eigenvalue weighted by Crippen LogP contribution is -2.48. The first-order valence-corrected chi connectivity index (χ1v) is 25.9. The van der Waals surface area contributed by atoms with E-state index in [1.54, 1.807) is 23.5 Å². The molecule has 3 aliphatic heterocycles. The molecule has 13 nitrogen and oxygen atoms in total. The van der Waals surface area contributed by atoms with Crippen molar-refractivity contribution in [2.45, 2.75) is 128 Å². The van der Waals surface area contributed by atoms with Gasteiger partial charge in [0.1, 0.15) is 23.9 Å². The van der Waals surface area contributed by atoms with Gasteiger partial charge in [0, 0.05) is 25.6 Å². The fraction of sp³-hybridized carbons (Fsp3) is 0.481. The Labute approximate surface area is 412 Å². The molecule has 6 aromatic rings. The van der Waals surface area contributed by atoms with Gasteiger partial charge in [0.25, 0.3) is 11.4 Å². The number of hydrogen-bond acceptors (Lipinski definition) is 11. The molecule has 10 rings (SSSR count). The second-order valence-electron chi connectivity index (χ2n) is 20.8. The zero-order valence-corrected chi connectivity index (χ0v) is 41.9. The summed E-state index contributed by atoms with van der Waals surface area (Å²) in [5, 5.41) is 19.0. The number of piperidine rings is 1. The number of rotatable bonds is 12. The monoisotopic (exact) mass is 971 g/mol. The molecule has 2 N–H and O–H groups in total. The van der Waals surface area contributed by atoms with E-state index in [0.717, 1.165) is 96.9 Å². The number of thiazole rings is 1. The Morgan fingerprint density at radius 1 is 1.00 bits per heavy atom. The highest BCUT2D eigenvalue weighted by atomic mass is 35.5. The molecule has 15 heteroatoms. The number of carbonyl (C=O) groups excluding carboxylic acids is 2. The highest BCUT2D eigenvalue weighted by Crippen LogP contribution is 2.45. The van der Waals surface area contributed by atoms with E-state index in [4.69, 9.17) is 20.9 Å². The van der Waals surface area contributed by atoms with Gasteiger partial charge >= 0.3 is 0 Å². The SMILES string of the molecule is Cc1ncsc1-c1ccc([C@H](C)NC(=O)[C@@H]2C[C@@H](O)CN2C(=O)[C@@H](c2cc(OC3CCC(CN4CCC(c5ccc6c(c5)-n5c(nc(=O)c7c(Cl)cccc75)C6(C)C)CC4)CC3)no2)C(C)C)cc1. The highest BCUT2D eigenvalue weighted by Gasteiger charge is 2.44. The van der Waals surface area contributed by atoms with E-state index in [1.807, 2.05) is 69.6 Å². The molecule has 2 amide bonds. The van der Waals surface area contributed by atoms with Gasteiger partial charge in [-0.1, -0.05) is 67.9 Å². The number of ether oxygens (including phenoxy) is 1. The molecule has 0 bridgehead atoms. The van der Waals surface area contributed by atoms with Crippen LogP contribution in [0.4, 0.5) is 0 Å². The van der Waals surface area contributed by atoms with Crippen molar-refractivity contribution >= 4 is 45.7 Å². The topological polar surface area (TPSA) is 156 Å². The quantitative estimate of drug-likeness (QED) is 0.121. The summed E-state index contributed by atoms with van der Waals surface area (Å²) in [5.74, 6) is 1.13. The van der Waals surface area contributed by atoms with Gasteiger partial charge in [-0.15, -0.1) is 11.3 Å². The normalized spacial score (nSPS) is 22.4. The van der Waals surface area contributed by atoms with Gasteiger partial charge in [0.2, 0.25) is 11.8 Å². The number of nitrogens with one attached hydrogen (secondary N) is 1. The average Bonchev–Trinajstić information content (AvgIpc) is 4.12. The molecule has 2 saturated heterocycles. The van der Waals surface area contributed by atoms with Gasteiger partial charge in [-0.25, -0.2) is 4.98 Å². The minimum Gasteiger partial charge on any atom is -0.472 e. The van der Waals surface area contributed by atoms with Crippen LogP contribution in [0.2, 0.25) is 5.02 Å². The van der Waals surface area contributed by atoms with Crippen molar-refractivity contribution in [2.24, 2.45) is 11.8 Å². The molecule has 4 aliphatic rings. The number of amides is 2. The fourth-order valence-corrected chi connectivity index (χ4v) is 12.6. The molecule has 3 aromatic heterocycles. The number of halogens is 1. The molecule has 0 unspecified atom stereocenters. The number of aryl methyl sites for hydroxylation is 1. The Morgan fingerprint density at radius 2 is 1.75 bits per heavy atom. The number of carbonyl (C=O) groups is 2. The maximum Gasteiger partial charge on any atom is 0.282 e. The summed E-state index contributed by atoms with van der Waals surface area (Å²) in [4.78, 5) is 55.4. The van der Waals surface area contributed by atoms with Crippen molar-refractivity contribution in [3.05, 3.63) is 122 Å². The molecule has 1 aliphatic carbocycles. The molecule has 4 atom stereocenters. The average molecular weight is 973 g/mol. The van der Waals surface area contributed by atoms with Crippen molar-refractivity contribution in [3.63, 3.8) is 0 Å². The molecule has 0 spiro atoms. The second kappa shape index (κ2) is 19.1. The third kappa shape index (κ3) is 9.14. The number of aliphatic hydroxyl groups is 1. The van der Waals surface area contributed by atoms with E-state index in [9.17, 15) is 19.5 Å². The van der Waals surface area contributed by atoms with Crippen LogP contribution in [0.25, 0.3) is 27.0 Å². The Hall–Kier alpha value is -5.41. The van der Waals surface area contributed by atoms with E-state index in [0.29, 0.717) is 33.9 Å². The number of hydrogen-bond donors (Lipinski definition) is 2. The standard InChI is InChI=1S/C54H62ClN7O6S/c1-30(2)47(52(66)61-28-38(63)25-44(61)50(64)57-31(3)34-12-14-36(15-13-34)49-32(4)56-29-69-49)45-26-46(59-68-45)67-39-17-10-33(11-18-39)27-60-22-20-35(21-23-60)37-16-19-40-43(24-37)62-42-9-7-8-41(55)48(42)51(65)58-53(62)54(40,5)6/h7-9,12-16,19,24,26,29-31,33,35,38-39,44,47,63H,10-11,17-18,20-23,25,27-28H2,1-6H3,(H,57,64)/t31-,33?,38+,39?,44-,47+/m0/s1. The third-order valence-electron chi connectivity index (χ3n) is 15.4. The number of aliphatic hydroxyl groups excluding tert-OH is 1. The molecular weight excluding hydrogens is 910 g/mol. The number of benzene rings is 3. The molecule has 1 saturated carbocycles. The van der Waals surface area contributed by atoms with Crippen LogP contribution in [-0.4, -0.2) is 90.8 Å². The minimum absolute atomic E-state index is 0.00585. The molecule has 6 heterocycles. The van der Waals surface area contributed by atoms with Crippen LogP contribution in [-0.2, 0) is 15.0 Å². The second-order valence-corrected chi connectivity index (χ2v) is 22.0. The van der Waals surface area contributed by atoms with E-state index < -0.39 is 23.5 Å². The zero-order chi connectivity index (χ0) is 48.3. The number of β-amino-alcohol motifs (C(OH)–C–C–N with tert-alkyl or cyclic N) is 1. The summed E-state index contributed by atoms with van der Waals surface area (Å²) in [6, 6.07) is 21.2. The van der Waals surface area contributed by atoms with Crippen molar-refractivity contribution in [3.8, 4) is 22.0 Å². The smallest absolute Gasteiger partial charge is 0.282 e. The lowest BCUT2D eigenvalue weighted by molar-refractivity contribution is -0.141. The first-order chi connectivity index (χ1) is 33.1. The summed E-state index contributed by atoms with van der Waals surface area (Å²) in [5.41, 5.74) is 8.54. The number of likely N-dealkylation sites (tertiary alicyclic amines) is 2. The van der Waals surface area contributed by atoms with Crippen LogP contribution in [0.5, 0.6) is 5.88 Å². The Morgan fingerprint density at radius 3 is 2.46 bits per heavy atom. The molecule has 3 fully saturated rings. The summed E-state index contributed by atoms with van der Waals surface area (Å²) in [6.07, 6.45) is 5.49. The summed E-state index contributed by atoms with van der Waals surface area (Å²) in [7, 11) is 0. The first kappa shape index (κ1) is 47.3. The summed E-state index contributed by atoms with van der Waals surface area (Å²) >= 11 is 8.13. The van der Waals surface area contributed by atoms with E-state index in [-0.39, 0.29) is 48.4 Å². The van der Waals surface area contributed by atoms with Crippen LogP contribution in [0.3, 0.4) is 0 Å².